The van der Waals surface area contributed by atoms with Crippen LogP contribution >= 0.6 is 15.9 Å². The number of nitrogens with zero attached hydrogens (tertiary/aromatic N) is 2. The van der Waals surface area contributed by atoms with E-state index in [1.54, 1.807) is 4.90 Å². The van der Waals surface area contributed by atoms with Gasteiger partial charge in [0.25, 0.3) is 5.91 Å². The van der Waals surface area contributed by atoms with E-state index in [0.717, 1.165) is 16.6 Å². The van der Waals surface area contributed by atoms with Gasteiger partial charge in [-0.15, -0.1) is 0 Å². The van der Waals surface area contributed by atoms with Gasteiger partial charge in [-0.2, -0.15) is 0 Å². The Bertz CT molecular complexity index is 596. The standard InChI is InChI=1S/C16H19BrN2O2/c1-2-18-12-14(17)10-15(18)16(21)19(8-9-20)11-13-6-4-3-5-7-13/h3-7,10,12,20H,2,8-9,11H2,1H3. The summed E-state index contributed by atoms with van der Waals surface area (Å²) in [6, 6.07) is 11.6. The van der Waals surface area contributed by atoms with E-state index in [4.69, 9.17) is 0 Å². The zero-order valence-corrected chi connectivity index (χ0v) is 13.6. The molecule has 1 aromatic heterocycles. The summed E-state index contributed by atoms with van der Waals surface area (Å²) >= 11 is 3.41. The van der Waals surface area contributed by atoms with E-state index in [-0.39, 0.29) is 12.5 Å². The molecule has 0 aliphatic carbocycles. The molecule has 0 saturated carbocycles. The predicted octanol–water partition coefficient (Wildman–Crippen LogP) is 2.91. The van der Waals surface area contributed by atoms with Crippen LogP contribution in [0.25, 0.3) is 0 Å². The summed E-state index contributed by atoms with van der Waals surface area (Å²) in [7, 11) is 0. The first kappa shape index (κ1) is 15.8. The van der Waals surface area contributed by atoms with Gasteiger partial charge in [-0.05, 0) is 34.5 Å². The number of carbonyl (C=O) groups excluding carboxylic acids is 1. The first-order valence-electron chi connectivity index (χ1n) is 6.95. The molecule has 0 aliphatic rings. The number of hydrogen-bond donors (Lipinski definition) is 1. The monoisotopic (exact) mass is 350 g/mol. The van der Waals surface area contributed by atoms with Gasteiger partial charge in [0.2, 0.25) is 0 Å². The fraction of sp³-hybridized carbons (Fsp3) is 0.312. The lowest BCUT2D eigenvalue weighted by Crippen LogP contribution is -2.34. The van der Waals surface area contributed by atoms with E-state index in [9.17, 15) is 9.90 Å². The highest BCUT2D eigenvalue weighted by Crippen LogP contribution is 2.18. The van der Waals surface area contributed by atoms with Crippen LogP contribution in [-0.4, -0.2) is 33.6 Å². The normalized spacial score (nSPS) is 10.6. The molecule has 4 nitrogen and oxygen atoms in total. The number of aryl methyl sites for hydroxylation is 1. The number of aliphatic hydroxyl groups excluding tert-OH is 1. The molecule has 0 radical (unpaired) electrons. The zero-order valence-electron chi connectivity index (χ0n) is 12.0. The Hall–Kier alpha value is -1.59. The van der Waals surface area contributed by atoms with Crippen LogP contribution in [0, 0.1) is 0 Å². The molecule has 0 bridgehead atoms. The van der Waals surface area contributed by atoms with Crippen molar-refractivity contribution in [2.75, 3.05) is 13.2 Å². The average molecular weight is 351 g/mol. The molecule has 0 saturated heterocycles. The maximum Gasteiger partial charge on any atom is 0.270 e. The van der Waals surface area contributed by atoms with E-state index < -0.39 is 0 Å². The zero-order chi connectivity index (χ0) is 15.2. The topological polar surface area (TPSA) is 45.5 Å². The Balaban J connectivity index is 2.22. The highest BCUT2D eigenvalue weighted by molar-refractivity contribution is 9.10. The predicted molar refractivity (Wildman–Crippen MR) is 86.1 cm³/mol. The molecule has 1 aromatic carbocycles. The summed E-state index contributed by atoms with van der Waals surface area (Å²) < 4.78 is 2.79. The van der Waals surface area contributed by atoms with Gasteiger partial charge < -0.3 is 14.6 Å². The lowest BCUT2D eigenvalue weighted by molar-refractivity contribution is 0.0697. The smallest absolute Gasteiger partial charge is 0.270 e. The first-order valence-corrected chi connectivity index (χ1v) is 7.74. The fourth-order valence-corrected chi connectivity index (χ4v) is 2.72. The molecule has 5 heteroatoms. The number of amides is 1. The van der Waals surface area contributed by atoms with Gasteiger partial charge in [0, 0.05) is 30.3 Å². The van der Waals surface area contributed by atoms with Gasteiger partial charge in [-0.25, -0.2) is 0 Å². The molecule has 0 unspecified atom stereocenters. The molecule has 2 aromatic rings. The molecule has 1 heterocycles. The van der Waals surface area contributed by atoms with Crippen LogP contribution in [-0.2, 0) is 13.1 Å². The van der Waals surface area contributed by atoms with Gasteiger partial charge in [0.1, 0.15) is 5.69 Å². The van der Waals surface area contributed by atoms with Crippen molar-refractivity contribution in [1.29, 1.82) is 0 Å². The van der Waals surface area contributed by atoms with Crippen LogP contribution < -0.4 is 0 Å². The van der Waals surface area contributed by atoms with Crippen LogP contribution in [0.5, 0.6) is 0 Å². The summed E-state index contributed by atoms with van der Waals surface area (Å²) in [5.41, 5.74) is 1.68. The van der Waals surface area contributed by atoms with E-state index in [0.29, 0.717) is 18.8 Å². The molecule has 2 rings (SSSR count). The van der Waals surface area contributed by atoms with Crippen molar-refractivity contribution in [2.24, 2.45) is 0 Å². The third-order valence-electron chi connectivity index (χ3n) is 3.30. The minimum Gasteiger partial charge on any atom is -0.395 e. The Morgan fingerprint density at radius 2 is 2.05 bits per heavy atom. The van der Waals surface area contributed by atoms with Crippen LogP contribution in [0.3, 0.4) is 0 Å². The third kappa shape index (κ3) is 3.95. The summed E-state index contributed by atoms with van der Waals surface area (Å²) in [5.74, 6) is -0.0690. The average Bonchev–Trinajstić information content (AvgIpc) is 2.88. The number of halogens is 1. The van der Waals surface area contributed by atoms with E-state index in [2.05, 4.69) is 15.9 Å². The molecular weight excluding hydrogens is 332 g/mol. The second-order valence-corrected chi connectivity index (χ2v) is 5.68. The maximum absolute atomic E-state index is 12.7. The molecule has 0 spiro atoms. The molecule has 21 heavy (non-hydrogen) atoms. The van der Waals surface area contributed by atoms with Crippen molar-refractivity contribution in [3.63, 3.8) is 0 Å². The van der Waals surface area contributed by atoms with Crippen molar-refractivity contribution in [3.8, 4) is 0 Å². The minimum atomic E-state index is -0.0690. The quantitative estimate of drug-likeness (QED) is 0.870. The Morgan fingerprint density at radius 1 is 1.33 bits per heavy atom. The Kier molecular flexibility index (Phi) is 5.59. The Labute approximate surface area is 133 Å². The summed E-state index contributed by atoms with van der Waals surface area (Å²) in [6.45, 7) is 3.49. The highest BCUT2D eigenvalue weighted by Gasteiger charge is 2.19. The highest BCUT2D eigenvalue weighted by atomic mass is 79.9. The number of benzene rings is 1. The van der Waals surface area contributed by atoms with E-state index >= 15 is 0 Å². The first-order chi connectivity index (χ1) is 10.2. The molecule has 112 valence electrons. The number of rotatable bonds is 6. The molecular formula is C16H19BrN2O2. The number of aromatic nitrogens is 1. The maximum atomic E-state index is 12.7. The molecule has 0 fully saturated rings. The summed E-state index contributed by atoms with van der Waals surface area (Å²) in [6.07, 6.45) is 1.90. The van der Waals surface area contributed by atoms with Gasteiger partial charge in [-0.3, -0.25) is 4.79 Å². The van der Waals surface area contributed by atoms with E-state index in [1.165, 1.54) is 0 Å². The van der Waals surface area contributed by atoms with Gasteiger partial charge in [-0.1, -0.05) is 30.3 Å². The van der Waals surface area contributed by atoms with E-state index in [1.807, 2.05) is 54.1 Å². The van der Waals surface area contributed by atoms with Crippen LogP contribution in [0.2, 0.25) is 0 Å². The van der Waals surface area contributed by atoms with Gasteiger partial charge in [0.15, 0.2) is 0 Å². The largest absolute Gasteiger partial charge is 0.395 e. The van der Waals surface area contributed by atoms with Crippen molar-refractivity contribution in [3.05, 3.63) is 58.3 Å². The van der Waals surface area contributed by atoms with Gasteiger partial charge >= 0.3 is 0 Å². The van der Waals surface area contributed by atoms with Crippen molar-refractivity contribution in [2.45, 2.75) is 20.0 Å². The molecule has 1 N–H and O–H groups in total. The third-order valence-corrected chi connectivity index (χ3v) is 3.73. The fourth-order valence-electron chi connectivity index (χ4n) is 2.25. The second-order valence-electron chi connectivity index (χ2n) is 4.77. The lowest BCUT2D eigenvalue weighted by atomic mass is 10.2. The van der Waals surface area contributed by atoms with Gasteiger partial charge in [0.05, 0.1) is 6.61 Å². The van der Waals surface area contributed by atoms with Crippen molar-refractivity contribution >= 4 is 21.8 Å². The van der Waals surface area contributed by atoms with Crippen LogP contribution in [0.4, 0.5) is 0 Å². The molecule has 1 amide bonds. The summed E-state index contributed by atoms with van der Waals surface area (Å²) in [5, 5.41) is 9.23. The van der Waals surface area contributed by atoms with Crippen molar-refractivity contribution < 1.29 is 9.90 Å². The Morgan fingerprint density at radius 3 is 2.67 bits per heavy atom. The number of aliphatic hydroxyl groups is 1. The lowest BCUT2D eigenvalue weighted by Gasteiger charge is -2.22. The molecule has 0 atom stereocenters. The number of carbonyl (C=O) groups is 1. The SMILES string of the molecule is CCn1cc(Br)cc1C(=O)N(CCO)Cc1ccccc1. The van der Waals surface area contributed by atoms with Crippen molar-refractivity contribution in [1.82, 2.24) is 9.47 Å². The summed E-state index contributed by atoms with van der Waals surface area (Å²) in [4.78, 5) is 14.4. The van der Waals surface area contributed by atoms with Crippen LogP contribution in [0.1, 0.15) is 23.0 Å². The minimum absolute atomic E-state index is 0.0490. The van der Waals surface area contributed by atoms with Crippen LogP contribution in [0.15, 0.2) is 47.1 Å². The molecule has 0 aliphatic heterocycles. The number of hydrogen-bond acceptors (Lipinski definition) is 2. The second kappa shape index (κ2) is 7.43.